The first kappa shape index (κ1) is 18.9. The van der Waals surface area contributed by atoms with Crippen molar-refractivity contribution in [2.75, 3.05) is 11.1 Å². The van der Waals surface area contributed by atoms with E-state index in [1.54, 1.807) is 24.3 Å². The SMILES string of the molecule is O=C1Cc2cc(C(=O)CS(=O)(=O)c3ccc(Cl)c4ccccc34)c(Cl)cc2N1. The molecule has 5 nitrogen and oxygen atoms in total. The number of fused-ring (bicyclic) bond motifs is 2. The molecule has 1 heterocycles. The highest BCUT2D eigenvalue weighted by atomic mass is 35.5. The van der Waals surface area contributed by atoms with E-state index in [-0.39, 0.29) is 27.8 Å². The molecule has 0 unspecified atom stereocenters. The van der Waals surface area contributed by atoms with Crippen LogP contribution in [0, 0.1) is 0 Å². The van der Waals surface area contributed by atoms with Gasteiger partial charge in [-0.3, -0.25) is 9.59 Å². The fraction of sp³-hybridized carbons (Fsp3) is 0.100. The van der Waals surface area contributed by atoms with Gasteiger partial charge in [-0.05, 0) is 29.8 Å². The lowest BCUT2D eigenvalue weighted by Crippen LogP contribution is -2.17. The summed E-state index contributed by atoms with van der Waals surface area (Å²) >= 11 is 12.3. The summed E-state index contributed by atoms with van der Waals surface area (Å²) in [6.07, 6.45) is 0.126. The summed E-state index contributed by atoms with van der Waals surface area (Å²) in [7, 11) is -3.94. The molecule has 1 aliphatic heterocycles. The molecule has 142 valence electrons. The topological polar surface area (TPSA) is 80.3 Å². The van der Waals surface area contributed by atoms with Crippen molar-refractivity contribution >= 4 is 61.2 Å². The van der Waals surface area contributed by atoms with E-state index in [2.05, 4.69) is 5.32 Å². The molecule has 0 atom stereocenters. The van der Waals surface area contributed by atoms with E-state index in [1.807, 2.05) is 0 Å². The van der Waals surface area contributed by atoms with Gasteiger partial charge in [0.15, 0.2) is 15.6 Å². The maximum atomic E-state index is 13.0. The third kappa shape index (κ3) is 3.28. The van der Waals surface area contributed by atoms with Crippen molar-refractivity contribution < 1.29 is 18.0 Å². The van der Waals surface area contributed by atoms with Crippen molar-refractivity contribution in [3.05, 3.63) is 69.7 Å². The Labute approximate surface area is 171 Å². The normalized spacial score (nSPS) is 13.4. The van der Waals surface area contributed by atoms with Crippen LogP contribution >= 0.6 is 23.2 Å². The molecule has 0 bridgehead atoms. The van der Waals surface area contributed by atoms with Gasteiger partial charge in [0.05, 0.1) is 16.3 Å². The summed E-state index contributed by atoms with van der Waals surface area (Å²) in [5.41, 5.74) is 1.24. The van der Waals surface area contributed by atoms with Crippen LogP contribution in [0.1, 0.15) is 15.9 Å². The van der Waals surface area contributed by atoms with E-state index < -0.39 is 21.4 Å². The molecule has 8 heteroatoms. The van der Waals surface area contributed by atoms with Crippen LogP contribution in [-0.4, -0.2) is 25.9 Å². The second-order valence-corrected chi connectivity index (χ2v) is 9.26. The lowest BCUT2D eigenvalue weighted by molar-refractivity contribution is -0.115. The highest BCUT2D eigenvalue weighted by Gasteiger charge is 2.27. The molecule has 0 saturated heterocycles. The second kappa shape index (κ2) is 6.88. The Bertz CT molecular complexity index is 1270. The summed E-state index contributed by atoms with van der Waals surface area (Å²) in [6, 6.07) is 12.7. The maximum Gasteiger partial charge on any atom is 0.228 e. The average molecular weight is 434 g/mol. The van der Waals surface area contributed by atoms with Crippen LogP contribution in [0.4, 0.5) is 5.69 Å². The quantitative estimate of drug-likeness (QED) is 0.621. The zero-order valence-electron chi connectivity index (χ0n) is 14.3. The average Bonchev–Trinajstić information content (AvgIpc) is 2.99. The number of sulfone groups is 1. The Hall–Kier alpha value is -2.41. The van der Waals surface area contributed by atoms with Gasteiger partial charge in [-0.2, -0.15) is 0 Å². The summed E-state index contributed by atoms with van der Waals surface area (Å²) < 4.78 is 25.9. The number of carbonyl (C=O) groups excluding carboxylic acids is 2. The minimum Gasteiger partial charge on any atom is -0.325 e. The summed E-state index contributed by atoms with van der Waals surface area (Å²) in [6.45, 7) is 0. The third-order valence-corrected chi connectivity index (χ3v) is 6.92. The van der Waals surface area contributed by atoms with Crippen LogP contribution in [-0.2, 0) is 21.1 Å². The number of carbonyl (C=O) groups is 2. The smallest absolute Gasteiger partial charge is 0.228 e. The number of halogens is 2. The predicted octanol–water partition coefficient (Wildman–Crippen LogP) is 4.30. The standard InChI is InChI=1S/C20H13Cl2NO4S/c21-15-5-6-19(13-4-2-1-3-12(13)15)28(26,27)10-18(24)14-7-11-8-20(25)23-17(11)9-16(14)22/h1-7,9H,8,10H2,(H,23,25). The molecule has 4 rings (SSSR count). The van der Waals surface area contributed by atoms with Crippen molar-refractivity contribution in [3.8, 4) is 0 Å². The lowest BCUT2D eigenvalue weighted by atomic mass is 10.1. The van der Waals surface area contributed by atoms with Gasteiger partial charge in [-0.1, -0.05) is 47.5 Å². The molecule has 3 aromatic carbocycles. The van der Waals surface area contributed by atoms with E-state index in [4.69, 9.17) is 23.2 Å². The number of amides is 1. The second-order valence-electron chi connectivity index (χ2n) is 6.49. The van der Waals surface area contributed by atoms with Crippen molar-refractivity contribution in [2.45, 2.75) is 11.3 Å². The largest absolute Gasteiger partial charge is 0.325 e. The first-order valence-electron chi connectivity index (χ1n) is 8.32. The number of hydrogen-bond donors (Lipinski definition) is 1. The fourth-order valence-corrected chi connectivity index (χ4v) is 5.24. The number of ketones is 1. The highest BCUT2D eigenvalue weighted by Crippen LogP contribution is 2.32. The molecule has 3 aromatic rings. The monoisotopic (exact) mass is 433 g/mol. The lowest BCUT2D eigenvalue weighted by Gasteiger charge is -2.10. The Kier molecular flexibility index (Phi) is 4.65. The van der Waals surface area contributed by atoms with Crippen LogP contribution in [0.3, 0.4) is 0 Å². The Morgan fingerprint density at radius 3 is 2.46 bits per heavy atom. The zero-order chi connectivity index (χ0) is 20.1. The van der Waals surface area contributed by atoms with E-state index >= 15 is 0 Å². The maximum absolute atomic E-state index is 13.0. The Balaban J connectivity index is 1.72. The molecule has 28 heavy (non-hydrogen) atoms. The number of Topliss-reactive ketones (excluding diaryl/α,β-unsaturated/α-hetero) is 1. The highest BCUT2D eigenvalue weighted by molar-refractivity contribution is 7.92. The molecule has 1 aliphatic rings. The van der Waals surface area contributed by atoms with Crippen LogP contribution < -0.4 is 5.32 Å². The van der Waals surface area contributed by atoms with Crippen LogP contribution in [0.25, 0.3) is 10.8 Å². The molecule has 1 N–H and O–H groups in total. The predicted molar refractivity (Wildman–Crippen MR) is 109 cm³/mol. The molecule has 1 amide bonds. The Morgan fingerprint density at radius 2 is 1.71 bits per heavy atom. The molecule has 0 fully saturated rings. The van der Waals surface area contributed by atoms with E-state index in [0.29, 0.717) is 27.0 Å². The fourth-order valence-electron chi connectivity index (χ4n) is 3.30. The molecular weight excluding hydrogens is 421 g/mol. The van der Waals surface area contributed by atoms with Crippen molar-refractivity contribution in [2.24, 2.45) is 0 Å². The van der Waals surface area contributed by atoms with Crippen LogP contribution in [0.5, 0.6) is 0 Å². The van der Waals surface area contributed by atoms with Gasteiger partial charge in [0.25, 0.3) is 0 Å². The zero-order valence-corrected chi connectivity index (χ0v) is 16.7. The van der Waals surface area contributed by atoms with Crippen molar-refractivity contribution in [1.29, 1.82) is 0 Å². The number of nitrogens with one attached hydrogen (secondary N) is 1. The number of hydrogen-bond acceptors (Lipinski definition) is 4. The summed E-state index contributed by atoms with van der Waals surface area (Å²) in [5.74, 6) is -1.57. The van der Waals surface area contributed by atoms with E-state index in [0.717, 1.165) is 0 Å². The van der Waals surface area contributed by atoms with E-state index in [1.165, 1.54) is 24.3 Å². The molecular formula is C20H13Cl2NO4S. The van der Waals surface area contributed by atoms with Gasteiger partial charge in [-0.15, -0.1) is 0 Å². The van der Waals surface area contributed by atoms with Gasteiger partial charge < -0.3 is 5.32 Å². The first-order chi connectivity index (χ1) is 13.3. The van der Waals surface area contributed by atoms with Crippen molar-refractivity contribution in [3.63, 3.8) is 0 Å². The summed E-state index contributed by atoms with van der Waals surface area (Å²) in [5, 5.41) is 4.22. The minimum absolute atomic E-state index is 0.0370. The first-order valence-corrected chi connectivity index (χ1v) is 10.7. The molecule has 0 saturated carbocycles. The summed E-state index contributed by atoms with van der Waals surface area (Å²) in [4.78, 5) is 24.3. The Morgan fingerprint density at radius 1 is 1.00 bits per heavy atom. The van der Waals surface area contributed by atoms with Gasteiger partial charge in [0.2, 0.25) is 5.91 Å². The van der Waals surface area contributed by atoms with Gasteiger partial charge in [0, 0.05) is 27.0 Å². The van der Waals surface area contributed by atoms with Gasteiger partial charge in [-0.25, -0.2) is 8.42 Å². The molecule has 0 spiro atoms. The molecule has 0 radical (unpaired) electrons. The van der Waals surface area contributed by atoms with Crippen LogP contribution in [0.2, 0.25) is 10.0 Å². The molecule has 0 aromatic heterocycles. The van der Waals surface area contributed by atoms with Crippen LogP contribution in [0.15, 0.2) is 53.4 Å². The van der Waals surface area contributed by atoms with Gasteiger partial charge >= 0.3 is 0 Å². The van der Waals surface area contributed by atoms with Gasteiger partial charge in [0.1, 0.15) is 5.75 Å². The number of benzene rings is 3. The number of rotatable bonds is 4. The van der Waals surface area contributed by atoms with Crippen molar-refractivity contribution in [1.82, 2.24) is 0 Å². The minimum atomic E-state index is -3.94. The molecule has 0 aliphatic carbocycles. The third-order valence-electron chi connectivity index (χ3n) is 4.61. The van der Waals surface area contributed by atoms with E-state index in [9.17, 15) is 18.0 Å². The number of anilines is 1.